The fourth-order valence-electron chi connectivity index (χ4n) is 2.70. The van der Waals surface area contributed by atoms with Crippen LogP contribution in [-0.2, 0) is 4.79 Å². The first-order chi connectivity index (χ1) is 11.6. The Bertz CT molecular complexity index is 667. The molecule has 3 heteroatoms. The minimum Gasteiger partial charge on any atom is -0.480 e. The number of ether oxygens (including phenoxy) is 1. The van der Waals surface area contributed by atoms with Crippen molar-refractivity contribution in [2.45, 2.75) is 52.7 Å². The second-order valence-corrected chi connectivity index (χ2v) is 6.09. The lowest BCUT2D eigenvalue weighted by Gasteiger charge is -2.23. The Kier molecular flexibility index (Phi) is 6.42. The van der Waals surface area contributed by atoms with Crippen LogP contribution in [0.2, 0.25) is 0 Å². The summed E-state index contributed by atoms with van der Waals surface area (Å²) >= 11 is 0. The molecule has 2 rings (SSSR count). The van der Waals surface area contributed by atoms with E-state index in [1.165, 1.54) is 5.56 Å². The van der Waals surface area contributed by atoms with Gasteiger partial charge < -0.3 is 10.1 Å². The number of hydrogen-bond acceptors (Lipinski definition) is 2. The standard InChI is InChI=1S/C21H27NO2/c1-5-18(17-12-8-7-9-13-17)22-21(23)19(6-2)24-20-14-10-11-15(3)16(20)4/h7-14,18-19H,5-6H2,1-4H3,(H,22,23)/t18-,19+/m0/s1. The minimum absolute atomic E-state index is 0.00922. The normalized spacial score (nSPS) is 13.2. The van der Waals surface area contributed by atoms with Gasteiger partial charge in [-0.3, -0.25) is 4.79 Å². The Balaban J connectivity index is 2.09. The molecular formula is C21H27NO2. The molecule has 0 aliphatic heterocycles. The summed E-state index contributed by atoms with van der Waals surface area (Å²) in [7, 11) is 0. The van der Waals surface area contributed by atoms with Crippen LogP contribution in [0.4, 0.5) is 0 Å². The summed E-state index contributed by atoms with van der Waals surface area (Å²) in [6.07, 6.45) is 0.989. The average molecular weight is 325 g/mol. The summed E-state index contributed by atoms with van der Waals surface area (Å²) in [5.74, 6) is 0.721. The van der Waals surface area contributed by atoms with Crippen LogP contribution in [0.15, 0.2) is 48.5 Å². The number of carbonyl (C=O) groups is 1. The monoisotopic (exact) mass is 325 g/mol. The minimum atomic E-state index is -0.483. The molecule has 0 aliphatic carbocycles. The Morgan fingerprint density at radius 2 is 1.71 bits per heavy atom. The molecule has 1 N–H and O–H groups in total. The van der Waals surface area contributed by atoms with Crippen LogP contribution in [-0.4, -0.2) is 12.0 Å². The third kappa shape index (κ3) is 4.38. The molecule has 2 aromatic rings. The predicted octanol–water partition coefficient (Wildman–Crippen LogP) is 4.73. The van der Waals surface area contributed by atoms with Crippen molar-refractivity contribution in [3.05, 3.63) is 65.2 Å². The van der Waals surface area contributed by atoms with Gasteiger partial charge in [-0.05, 0) is 49.4 Å². The van der Waals surface area contributed by atoms with E-state index in [0.717, 1.165) is 23.3 Å². The lowest BCUT2D eigenvalue weighted by atomic mass is 10.0. The summed E-state index contributed by atoms with van der Waals surface area (Å²) in [5, 5.41) is 3.12. The third-order valence-corrected chi connectivity index (χ3v) is 4.41. The molecule has 2 aromatic carbocycles. The number of benzene rings is 2. The molecular weight excluding hydrogens is 298 g/mol. The van der Waals surface area contributed by atoms with Gasteiger partial charge >= 0.3 is 0 Å². The SMILES string of the molecule is CC[C@H](NC(=O)[C@@H](CC)Oc1cccc(C)c1C)c1ccccc1. The summed E-state index contributed by atoms with van der Waals surface area (Å²) in [6, 6.07) is 16.0. The molecule has 2 atom stereocenters. The molecule has 24 heavy (non-hydrogen) atoms. The quantitative estimate of drug-likeness (QED) is 0.799. The van der Waals surface area contributed by atoms with Crippen molar-refractivity contribution in [1.82, 2.24) is 5.32 Å². The maximum atomic E-state index is 12.7. The van der Waals surface area contributed by atoms with Crippen molar-refractivity contribution in [1.29, 1.82) is 0 Å². The maximum Gasteiger partial charge on any atom is 0.261 e. The van der Waals surface area contributed by atoms with Gasteiger partial charge in [0.15, 0.2) is 6.10 Å². The first-order valence-corrected chi connectivity index (χ1v) is 8.65. The molecule has 0 unspecified atom stereocenters. The molecule has 3 nitrogen and oxygen atoms in total. The highest BCUT2D eigenvalue weighted by Crippen LogP contribution is 2.23. The number of carbonyl (C=O) groups excluding carboxylic acids is 1. The molecule has 128 valence electrons. The summed E-state index contributed by atoms with van der Waals surface area (Å²) in [4.78, 5) is 12.7. The number of hydrogen-bond donors (Lipinski definition) is 1. The zero-order chi connectivity index (χ0) is 17.5. The zero-order valence-corrected chi connectivity index (χ0v) is 15.0. The van der Waals surface area contributed by atoms with E-state index in [1.54, 1.807) is 0 Å². The lowest BCUT2D eigenvalue weighted by molar-refractivity contribution is -0.129. The molecule has 0 saturated heterocycles. The fourth-order valence-corrected chi connectivity index (χ4v) is 2.70. The van der Waals surface area contributed by atoms with E-state index in [4.69, 9.17) is 4.74 Å². The van der Waals surface area contributed by atoms with Gasteiger partial charge in [-0.2, -0.15) is 0 Å². The van der Waals surface area contributed by atoms with Crippen LogP contribution in [0, 0.1) is 13.8 Å². The van der Waals surface area contributed by atoms with E-state index in [0.29, 0.717) is 6.42 Å². The van der Waals surface area contributed by atoms with Gasteiger partial charge in [0.2, 0.25) is 0 Å². The van der Waals surface area contributed by atoms with E-state index < -0.39 is 6.10 Å². The van der Waals surface area contributed by atoms with Gasteiger partial charge in [0.1, 0.15) is 5.75 Å². The van der Waals surface area contributed by atoms with Crippen molar-refractivity contribution in [2.24, 2.45) is 0 Å². The van der Waals surface area contributed by atoms with Gasteiger partial charge in [0, 0.05) is 0 Å². The highest BCUT2D eigenvalue weighted by Gasteiger charge is 2.22. The van der Waals surface area contributed by atoms with E-state index in [9.17, 15) is 4.79 Å². The zero-order valence-electron chi connectivity index (χ0n) is 15.0. The van der Waals surface area contributed by atoms with Gasteiger partial charge in [-0.25, -0.2) is 0 Å². The topological polar surface area (TPSA) is 38.3 Å². The average Bonchev–Trinajstić information content (AvgIpc) is 2.61. The van der Waals surface area contributed by atoms with Crippen molar-refractivity contribution >= 4 is 5.91 Å². The number of aryl methyl sites for hydroxylation is 1. The van der Waals surface area contributed by atoms with Crippen LogP contribution < -0.4 is 10.1 Å². The number of amides is 1. The largest absolute Gasteiger partial charge is 0.480 e. The van der Waals surface area contributed by atoms with Gasteiger partial charge in [0.05, 0.1) is 6.04 Å². The lowest BCUT2D eigenvalue weighted by Crippen LogP contribution is -2.40. The highest BCUT2D eigenvalue weighted by molar-refractivity contribution is 5.81. The maximum absolute atomic E-state index is 12.7. The molecule has 0 aromatic heterocycles. The van der Waals surface area contributed by atoms with E-state index >= 15 is 0 Å². The van der Waals surface area contributed by atoms with Crippen LogP contribution in [0.1, 0.15) is 49.4 Å². The summed E-state index contributed by atoms with van der Waals surface area (Å²) in [5.41, 5.74) is 3.37. The van der Waals surface area contributed by atoms with E-state index in [-0.39, 0.29) is 11.9 Å². The van der Waals surface area contributed by atoms with Crippen LogP contribution in [0.25, 0.3) is 0 Å². The fraction of sp³-hybridized carbons (Fsp3) is 0.381. The predicted molar refractivity (Wildman–Crippen MR) is 98.2 cm³/mol. The summed E-state index contributed by atoms with van der Waals surface area (Å²) in [6.45, 7) is 8.11. The number of rotatable bonds is 7. The van der Waals surface area contributed by atoms with Crippen molar-refractivity contribution in [2.75, 3.05) is 0 Å². The molecule has 1 amide bonds. The molecule has 0 spiro atoms. The van der Waals surface area contributed by atoms with Crippen molar-refractivity contribution < 1.29 is 9.53 Å². The van der Waals surface area contributed by atoms with Gasteiger partial charge in [-0.15, -0.1) is 0 Å². The van der Waals surface area contributed by atoms with Gasteiger partial charge in [0.25, 0.3) is 5.91 Å². The van der Waals surface area contributed by atoms with Crippen LogP contribution in [0.5, 0.6) is 5.75 Å². The van der Waals surface area contributed by atoms with E-state index in [2.05, 4.69) is 12.2 Å². The summed E-state index contributed by atoms with van der Waals surface area (Å²) < 4.78 is 6.01. The smallest absolute Gasteiger partial charge is 0.261 e. The molecule has 0 aliphatic rings. The van der Waals surface area contributed by atoms with Crippen molar-refractivity contribution in [3.63, 3.8) is 0 Å². The van der Waals surface area contributed by atoms with Gasteiger partial charge in [-0.1, -0.05) is 56.3 Å². The molecule has 0 radical (unpaired) electrons. The second kappa shape index (κ2) is 8.53. The number of nitrogens with one attached hydrogen (secondary N) is 1. The third-order valence-electron chi connectivity index (χ3n) is 4.41. The first kappa shape index (κ1) is 18.1. The molecule has 0 fully saturated rings. The Morgan fingerprint density at radius 1 is 1.00 bits per heavy atom. The highest BCUT2D eigenvalue weighted by atomic mass is 16.5. The first-order valence-electron chi connectivity index (χ1n) is 8.65. The van der Waals surface area contributed by atoms with Crippen LogP contribution >= 0.6 is 0 Å². The van der Waals surface area contributed by atoms with Crippen molar-refractivity contribution in [3.8, 4) is 5.75 Å². The second-order valence-electron chi connectivity index (χ2n) is 6.09. The van der Waals surface area contributed by atoms with Crippen LogP contribution in [0.3, 0.4) is 0 Å². The Labute approximate surface area is 145 Å². The van der Waals surface area contributed by atoms with E-state index in [1.807, 2.05) is 69.3 Å². The molecule has 0 saturated carbocycles. The Hall–Kier alpha value is -2.29. The molecule has 0 bridgehead atoms. The Morgan fingerprint density at radius 3 is 2.33 bits per heavy atom. The molecule has 0 heterocycles.